The largest absolute Gasteiger partial charge is 0.481 e. The van der Waals surface area contributed by atoms with Gasteiger partial charge < -0.3 is 29.9 Å². The van der Waals surface area contributed by atoms with Crippen LogP contribution in [0.4, 0.5) is 23.0 Å². The van der Waals surface area contributed by atoms with Crippen LogP contribution < -0.4 is 25.4 Å². The normalized spacial score (nSPS) is 11.0. The minimum absolute atomic E-state index is 0.0933. The summed E-state index contributed by atoms with van der Waals surface area (Å²) in [7, 11) is 3.00. The zero-order valence-electron chi connectivity index (χ0n) is 22.4. The number of nitrogens with zero attached hydrogens (tertiary/aromatic N) is 3. The zero-order chi connectivity index (χ0) is 28.0. The van der Waals surface area contributed by atoms with Gasteiger partial charge in [0, 0.05) is 34.1 Å². The van der Waals surface area contributed by atoms with Crippen LogP contribution in [0.3, 0.4) is 0 Å². The Balaban J connectivity index is 1.35. The summed E-state index contributed by atoms with van der Waals surface area (Å²) in [5.41, 5.74) is 2.58. The summed E-state index contributed by atoms with van der Waals surface area (Å²) >= 11 is 0. The van der Waals surface area contributed by atoms with Crippen LogP contribution in [0.25, 0.3) is 0 Å². The average Bonchev–Trinajstić information content (AvgIpc) is 3.38. The second kappa shape index (κ2) is 11.6. The number of carbonyl (C=O) groups is 2. The number of hydrogen-bond acceptors (Lipinski definition) is 9. The molecule has 2 aromatic heterocycles. The smallest absolute Gasteiger partial charge is 0.255 e. The fourth-order valence-electron chi connectivity index (χ4n) is 3.49. The highest BCUT2D eigenvalue weighted by Gasteiger charge is 2.20. The Hall–Kier alpha value is -4.93. The number of amides is 2. The molecule has 0 atom stereocenters. The molecule has 0 saturated heterocycles. The lowest BCUT2D eigenvalue weighted by Crippen LogP contribution is -2.15. The summed E-state index contributed by atoms with van der Waals surface area (Å²) in [5, 5.41) is 12.7. The molecule has 0 aliphatic rings. The standard InChI is InChI=1S/C28H30N6O5/c1-28(2,3)22-14-21(34-39-22)15-23(35)29-18-9-11-19(12-10-18)30-26(36)17-7-6-8-20(13-17)31-27-32-24(37-4)16-25(33-27)38-5/h6-14,16H,15H2,1-5H3,(H,29,35)(H,30,36)(H,31,32,33). The molecule has 202 valence electrons. The molecular weight excluding hydrogens is 500 g/mol. The van der Waals surface area contributed by atoms with Crippen molar-refractivity contribution in [1.29, 1.82) is 0 Å². The summed E-state index contributed by atoms with van der Waals surface area (Å²) in [6, 6.07) is 17.1. The highest BCUT2D eigenvalue weighted by atomic mass is 16.5. The summed E-state index contributed by atoms with van der Waals surface area (Å²) < 4.78 is 15.7. The van der Waals surface area contributed by atoms with Gasteiger partial charge in [-0.1, -0.05) is 32.0 Å². The monoisotopic (exact) mass is 530 g/mol. The van der Waals surface area contributed by atoms with Crippen LogP contribution in [0.2, 0.25) is 0 Å². The van der Waals surface area contributed by atoms with Crippen LogP contribution in [0.5, 0.6) is 11.8 Å². The van der Waals surface area contributed by atoms with E-state index in [1.165, 1.54) is 14.2 Å². The minimum Gasteiger partial charge on any atom is -0.481 e. The molecule has 0 aliphatic heterocycles. The van der Waals surface area contributed by atoms with Crippen molar-refractivity contribution >= 4 is 34.8 Å². The molecule has 4 rings (SSSR count). The molecule has 0 fully saturated rings. The van der Waals surface area contributed by atoms with Gasteiger partial charge in [0.1, 0.15) is 5.76 Å². The van der Waals surface area contributed by atoms with Gasteiger partial charge in [-0.25, -0.2) is 0 Å². The van der Waals surface area contributed by atoms with E-state index in [0.717, 1.165) is 5.76 Å². The van der Waals surface area contributed by atoms with Gasteiger partial charge in [-0.3, -0.25) is 9.59 Å². The summed E-state index contributed by atoms with van der Waals surface area (Å²) in [6.45, 7) is 6.04. The van der Waals surface area contributed by atoms with Crippen molar-refractivity contribution in [1.82, 2.24) is 15.1 Å². The number of ether oxygens (including phenoxy) is 2. The molecule has 0 saturated carbocycles. The topological polar surface area (TPSA) is 140 Å². The van der Waals surface area contributed by atoms with E-state index < -0.39 is 0 Å². The van der Waals surface area contributed by atoms with Crippen LogP contribution in [0.1, 0.15) is 42.6 Å². The second-order valence-corrected chi connectivity index (χ2v) is 9.67. The third-order valence-electron chi connectivity index (χ3n) is 5.54. The number of methoxy groups -OCH3 is 2. The third kappa shape index (κ3) is 7.31. The lowest BCUT2D eigenvalue weighted by atomic mass is 9.93. The van der Waals surface area contributed by atoms with Gasteiger partial charge in [0.05, 0.1) is 32.4 Å². The number of hydrogen-bond donors (Lipinski definition) is 3. The highest BCUT2D eigenvalue weighted by molar-refractivity contribution is 6.05. The molecule has 4 aromatic rings. The maximum absolute atomic E-state index is 12.9. The first kappa shape index (κ1) is 27.1. The van der Waals surface area contributed by atoms with Crippen molar-refractivity contribution in [2.75, 3.05) is 30.2 Å². The number of nitrogens with one attached hydrogen (secondary N) is 3. The van der Waals surface area contributed by atoms with E-state index in [-0.39, 0.29) is 29.6 Å². The summed E-state index contributed by atoms with van der Waals surface area (Å²) in [4.78, 5) is 33.8. The molecule has 0 spiro atoms. The molecule has 0 aliphatic carbocycles. The first-order valence-electron chi connectivity index (χ1n) is 12.1. The van der Waals surface area contributed by atoms with Crippen LogP contribution in [0, 0.1) is 0 Å². The maximum atomic E-state index is 12.9. The number of carbonyl (C=O) groups excluding carboxylic acids is 2. The van der Waals surface area contributed by atoms with Crippen molar-refractivity contribution in [3.8, 4) is 11.8 Å². The molecular formula is C28H30N6O5. The van der Waals surface area contributed by atoms with E-state index in [1.807, 2.05) is 20.8 Å². The molecule has 3 N–H and O–H groups in total. The summed E-state index contributed by atoms with van der Waals surface area (Å²) in [6.07, 6.45) is 0.0933. The quantitative estimate of drug-likeness (QED) is 0.274. The van der Waals surface area contributed by atoms with Gasteiger partial charge in [0.15, 0.2) is 0 Å². The fraction of sp³-hybridized carbons (Fsp3) is 0.250. The Morgan fingerprint density at radius 3 is 2.08 bits per heavy atom. The Morgan fingerprint density at radius 1 is 0.846 bits per heavy atom. The van der Waals surface area contributed by atoms with Crippen LogP contribution >= 0.6 is 0 Å². The van der Waals surface area contributed by atoms with Gasteiger partial charge in [-0.15, -0.1) is 0 Å². The van der Waals surface area contributed by atoms with Gasteiger partial charge in [0.25, 0.3) is 5.91 Å². The Bertz CT molecular complexity index is 1440. The Morgan fingerprint density at radius 2 is 1.49 bits per heavy atom. The van der Waals surface area contributed by atoms with Gasteiger partial charge in [-0.05, 0) is 42.5 Å². The molecule has 11 heteroatoms. The predicted molar refractivity (Wildman–Crippen MR) is 147 cm³/mol. The number of aromatic nitrogens is 3. The first-order valence-corrected chi connectivity index (χ1v) is 12.1. The second-order valence-electron chi connectivity index (χ2n) is 9.67. The zero-order valence-corrected chi connectivity index (χ0v) is 22.4. The number of rotatable bonds is 9. The van der Waals surface area contributed by atoms with Crippen molar-refractivity contribution in [2.45, 2.75) is 32.6 Å². The van der Waals surface area contributed by atoms with Crippen LogP contribution in [0.15, 0.2) is 65.2 Å². The molecule has 0 radical (unpaired) electrons. The van der Waals surface area contributed by atoms with Crippen molar-refractivity contribution in [3.63, 3.8) is 0 Å². The Labute approximate surface area is 225 Å². The molecule has 0 bridgehead atoms. The maximum Gasteiger partial charge on any atom is 0.255 e. The van der Waals surface area contributed by atoms with Crippen molar-refractivity contribution < 1.29 is 23.6 Å². The molecule has 0 unspecified atom stereocenters. The van der Waals surface area contributed by atoms with E-state index in [4.69, 9.17) is 14.0 Å². The minimum atomic E-state index is -0.305. The van der Waals surface area contributed by atoms with E-state index in [2.05, 4.69) is 31.1 Å². The first-order chi connectivity index (χ1) is 18.6. The lowest BCUT2D eigenvalue weighted by molar-refractivity contribution is -0.115. The van der Waals surface area contributed by atoms with Gasteiger partial charge in [-0.2, -0.15) is 9.97 Å². The molecule has 2 amide bonds. The van der Waals surface area contributed by atoms with E-state index >= 15 is 0 Å². The predicted octanol–water partition coefficient (Wildman–Crippen LogP) is 4.96. The third-order valence-corrected chi connectivity index (χ3v) is 5.54. The number of benzene rings is 2. The number of anilines is 4. The molecule has 39 heavy (non-hydrogen) atoms. The van der Waals surface area contributed by atoms with Gasteiger partial charge in [0.2, 0.25) is 23.6 Å². The lowest BCUT2D eigenvalue weighted by Gasteiger charge is -2.12. The van der Waals surface area contributed by atoms with Crippen molar-refractivity contribution in [3.05, 3.63) is 77.7 Å². The van der Waals surface area contributed by atoms with Gasteiger partial charge >= 0.3 is 0 Å². The fourth-order valence-corrected chi connectivity index (χ4v) is 3.49. The van der Waals surface area contributed by atoms with Crippen LogP contribution in [-0.2, 0) is 16.6 Å². The van der Waals surface area contributed by atoms with E-state index in [1.54, 1.807) is 60.7 Å². The van der Waals surface area contributed by atoms with Crippen LogP contribution in [-0.4, -0.2) is 41.2 Å². The van der Waals surface area contributed by atoms with E-state index in [0.29, 0.717) is 40.1 Å². The highest BCUT2D eigenvalue weighted by Crippen LogP contribution is 2.24. The Kier molecular flexibility index (Phi) is 8.09. The SMILES string of the molecule is COc1cc(OC)nc(Nc2cccc(C(=O)Nc3ccc(NC(=O)Cc4cc(C(C)(C)C)on4)cc3)c2)n1. The van der Waals surface area contributed by atoms with E-state index in [9.17, 15) is 9.59 Å². The molecule has 11 nitrogen and oxygen atoms in total. The molecule has 2 aromatic carbocycles. The average molecular weight is 531 g/mol. The van der Waals surface area contributed by atoms with Crippen molar-refractivity contribution in [2.24, 2.45) is 0 Å². The summed E-state index contributed by atoms with van der Waals surface area (Å²) in [5.74, 6) is 1.14. The molecule has 2 heterocycles.